The third kappa shape index (κ3) is 2.72. The van der Waals surface area contributed by atoms with Gasteiger partial charge in [0.2, 0.25) is 5.91 Å². The maximum atomic E-state index is 10.2. The van der Waals surface area contributed by atoms with Gasteiger partial charge in [0.15, 0.2) is 9.76 Å². The highest BCUT2D eigenvalue weighted by Crippen LogP contribution is 1.81. The van der Waals surface area contributed by atoms with E-state index in [1.807, 2.05) is 0 Å². The zero-order valence-corrected chi connectivity index (χ0v) is 8.22. The van der Waals surface area contributed by atoms with E-state index < -0.39 is 15.7 Å². The minimum atomic E-state index is -0.809. The van der Waals surface area contributed by atoms with Crippen LogP contribution in [-0.4, -0.2) is 26.2 Å². The highest BCUT2D eigenvalue weighted by molar-refractivity contribution is 6.51. The molecule has 8 heavy (non-hydrogen) atoms. The van der Waals surface area contributed by atoms with Crippen molar-refractivity contribution in [2.45, 2.75) is 0 Å². The van der Waals surface area contributed by atoms with Gasteiger partial charge in [-0.15, -0.1) is 0 Å². The van der Waals surface area contributed by atoms with E-state index in [4.69, 9.17) is 9.85 Å². The maximum Gasteiger partial charge on any atom is 0.241 e. The Balaban J connectivity index is 3.49. The van der Waals surface area contributed by atoms with Crippen molar-refractivity contribution < 1.29 is 8.91 Å². The van der Waals surface area contributed by atoms with Gasteiger partial charge in [-0.05, 0) is 0 Å². The Morgan fingerprint density at radius 2 is 2.38 bits per heavy atom. The van der Waals surface area contributed by atoms with E-state index in [-0.39, 0.29) is 0 Å². The molecule has 0 aromatic heterocycles. The molecule has 0 spiro atoms. The number of primary amides is 1. The van der Waals surface area contributed by atoms with Gasteiger partial charge in [0, 0.05) is 5.20 Å². The van der Waals surface area contributed by atoms with Crippen molar-refractivity contribution in [1.29, 1.82) is 0 Å². The molecule has 0 saturated carbocycles. The molecule has 1 amide bonds. The Kier molecular flexibility index (Phi) is 3.41. The minimum Gasteiger partial charge on any atom is -0.464 e. The Bertz CT molecular complexity index is 114. The van der Waals surface area contributed by atoms with E-state index in [0.29, 0.717) is 15.7 Å². The molecule has 0 radical (unpaired) electrons. The van der Waals surface area contributed by atoms with Crippen LogP contribution in [0.4, 0.5) is 0 Å². The Morgan fingerprint density at radius 1 is 1.88 bits per heavy atom. The summed E-state index contributed by atoms with van der Waals surface area (Å²) < 4.78 is 4.84. The molecule has 0 heterocycles. The van der Waals surface area contributed by atoms with E-state index in [1.165, 1.54) is 0 Å². The summed E-state index contributed by atoms with van der Waals surface area (Å²) in [6.45, 7) is 3.43. The lowest BCUT2D eigenvalue weighted by atomic mass is 10.6. The molecule has 0 aliphatic heterocycles. The molecule has 0 atom stereocenters. The summed E-state index contributed by atoms with van der Waals surface area (Å²) in [6.07, 6.45) is 0. The standard InChI is InChI=1S/C3H9NO2Si2/c1-2(3(4)5)8-6-7/h1,8H2,7H3,(H2,4,5). The SMILES string of the molecule is C=C([SiH2]O[SiH3])C(N)=O. The van der Waals surface area contributed by atoms with Crippen molar-refractivity contribution >= 4 is 26.2 Å². The van der Waals surface area contributed by atoms with Crippen LogP contribution in [-0.2, 0) is 8.91 Å². The first-order valence-electron chi connectivity index (χ1n) is 2.15. The fourth-order valence-corrected chi connectivity index (χ4v) is 1.78. The Morgan fingerprint density at radius 3 is 2.50 bits per heavy atom. The highest BCUT2D eigenvalue weighted by atomic mass is 28.3. The van der Waals surface area contributed by atoms with Crippen LogP contribution in [0.2, 0.25) is 0 Å². The summed E-state index contributed by atoms with van der Waals surface area (Å²) in [7, 11) is -0.133. The third-order valence-electron chi connectivity index (χ3n) is 0.667. The second-order valence-corrected chi connectivity index (χ2v) is 4.85. The zero-order chi connectivity index (χ0) is 6.57. The summed E-state index contributed by atoms with van der Waals surface area (Å²) >= 11 is 0. The lowest BCUT2D eigenvalue weighted by Gasteiger charge is -1.94. The molecule has 0 aliphatic rings. The number of amides is 1. The average Bonchev–Trinajstić information content (AvgIpc) is 1.67. The van der Waals surface area contributed by atoms with Crippen LogP contribution in [0.25, 0.3) is 0 Å². The molecule has 3 nitrogen and oxygen atoms in total. The predicted octanol–water partition coefficient (Wildman–Crippen LogP) is -2.63. The van der Waals surface area contributed by atoms with Gasteiger partial charge >= 0.3 is 0 Å². The van der Waals surface area contributed by atoms with Crippen molar-refractivity contribution in [3.8, 4) is 0 Å². The quantitative estimate of drug-likeness (QED) is 0.351. The molecule has 2 N–H and O–H groups in total. The second kappa shape index (κ2) is 3.59. The summed E-state index contributed by atoms with van der Waals surface area (Å²) in [5.41, 5.74) is 4.85. The largest absolute Gasteiger partial charge is 0.464 e. The molecule has 0 unspecified atom stereocenters. The molecule has 5 heteroatoms. The fraction of sp³-hybridized carbons (Fsp3) is 0. The van der Waals surface area contributed by atoms with Crippen LogP contribution in [0.3, 0.4) is 0 Å². The van der Waals surface area contributed by atoms with Gasteiger partial charge in [-0.2, -0.15) is 0 Å². The first kappa shape index (κ1) is 7.60. The maximum absolute atomic E-state index is 10.2. The Hall–Kier alpha value is -0.396. The van der Waals surface area contributed by atoms with E-state index in [9.17, 15) is 4.79 Å². The molecular weight excluding hydrogens is 138 g/mol. The number of carbonyl (C=O) groups excluding carboxylic acids is 1. The first-order chi connectivity index (χ1) is 3.68. The molecule has 0 aromatic carbocycles. The van der Waals surface area contributed by atoms with Crippen LogP contribution in [0.15, 0.2) is 11.8 Å². The molecule has 0 saturated heterocycles. The van der Waals surface area contributed by atoms with Crippen LogP contribution in [0.5, 0.6) is 0 Å². The number of carbonyl (C=O) groups is 1. The lowest BCUT2D eigenvalue weighted by molar-refractivity contribution is -0.114. The van der Waals surface area contributed by atoms with Gasteiger partial charge < -0.3 is 9.85 Å². The number of hydrogen-bond acceptors (Lipinski definition) is 2. The topological polar surface area (TPSA) is 52.3 Å². The van der Waals surface area contributed by atoms with Gasteiger partial charge in [-0.25, -0.2) is 0 Å². The van der Waals surface area contributed by atoms with Crippen molar-refractivity contribution in [2.24, 2.45) is 5.73 Å². The highest BCUT2D eigenvalue weighted by Gasteiger charge is 1.98. The monoisotopic (exact) mass is 147 g/mol. The summed E-state index contributed by atoms with van der Waals surface area (Å²) in [4.78, 5) is 10.2. The molecule has 0 aliphatic carbocycles. The molecule has 0 rings (SSSR count). The fourth-order valence-electron chi connectivity index (χ4n) is 0.245. The normalized spacial score (nSPS) is 10.5. The first-order valence-corrected chi connectivity index (χ1v) is 4.25. The zero-order valence-electron chi connectivity index (χ0n) is 4.81. The van der Waals surface area contributed by atoms with Crippen LogP contribution in [0.1, 0.15) is 0 Å². The Labute approximate surface area is 53.4 Å². The van der Waals surface area contributed by atoms with E-state index >= 15 is 0 Å². The third-order valence-corrected chi connectivity index (χ3v) is 2.52. The molecule has 0 aromatic rings. The van der Waals surface area contributed by atoms with Crippen molar-refractivity contribution in [1.82, 2.24) is 0 Å². The van der Waals surface area contributed by atoms with Gasteiger partial charge in [0.25, 0.3) is 0 Å². The predicted molar refractivity (Wildman–Crippen MR) is 37.9 cm³/mol. The summed E-state index contributed by atoms with van der Waals surface area (Å²) in [5, 5.41) is 0.472. The van der Waals surface area contributed by atoms with Gasteiger partial charge in [-0.1, -0.05) is 6.58 Å². The van der Waals surface area contributed by atoms with Crippen LogP contribution >= 0.6 is 0 Å². The second-order valence-electron chi connectivity index (χ2n) is 1.40. The van der Waals surface area contributed by atoms with Gasteiger partial charge in [0.05, 0.1) is 0 Å². The average molecular weight is 147 g/mol. The van der Waals surface area contributed by atoms with E-state index in [0.717, 1.165) is 0 Å². The van der Waals surface area contributed by atoms with Crippen molar-refractivity contribution in [2.75, 3.05) is 0 Å². The van der Waals surface area contributed by atoms with Gasteiger partial charge in [-0.3, -0.25) is 4.79 Å². The van der Waals surface area contributed by atoms with Crippen molar-refractivity contribution in [3.63, 3.8) is 0 Å². The van der Waals surface area contributed by atoms with E-state index in [1.54, 1.807) is 0 Å². The smallest absolute Gasteiger partial charge is 0.241 e. The summed E-state index contributed by atoms with van der Waals surface area (Å²) in [6, 6.07) is 0. The van der Waals surface area contributed by atoms with Crippen LogP contribution in [0, 0.1) is 0 Å². The van der Waals surface area contributed by atoms with Gasteiger partial charge in [0.1, 0.15) is 10.5 Å². The molecular formula is C3H9NO2Si2. The molecule has 0 fully saturated rings. The number of rotatable bonds is 3. The van der Waals surface area contributed by atoms with Crippen LogP contribution < -0.4 is 5.73 Å². The number of hydrogen-bond donors (Lipinski definition) is 1. The lowest BCUT2D eigenvalue weighted by Crippen LogP contribution is -2.18. The van der Waals surface area contributed by atoms with Crippen molar-refractivity contribution in [3.05, 3.63) is 11.8 Å². The number of nitrogens with two attached hydrogens (primary N) is 1. The molecule has 0 bridgehead atoms. The summed E-state index contributed by atoms with van der Waals surface area (Å²) in [5.74, 6) is -0.424. The van der Waals surface area contributed by atoms with E-state index in [2.05, 4.69) is 6.58 Å². The minimum absolute atomic E-state index is 0.424. The molecule has 46 valence electrons.